The first-order valence-electron chi connectivity index (χ1n) is 4.66. The van der Waals surface area contributed by atoms with Gasteiger partial charge in [-0.05, 0) is 18.2 Å². The van der Waals surface area contributed by atoms with Crippen molar-refractivity contribution >= 4 is 33.2 Å². The van der Waals surface area contributed by atoms with E-state index >= 15 is 0 Å². The predicted molar refractivity (Wildman–Crippen MR) is 64.9 cm³/mol. The molecule has 6 nitrogen and oxygen atoms in total. The van der Waals surface area contributed by atoms with Crippen molar-refractivity contribution in [3.63, 3.8) is 0 Å². The summed E-state index contributed by atoms with van der Waals surface area (Å²) < 4.78 is 25.7. The van der Waals surface area contributed by atoms with Crippen molar-refractivity contribution in [1.29, 1.82) is 0 Å². The summed E-state index contributed by atoms with van der Waals surface area (Å²) in [5.41, 5.74) is 10.6. The van der Waals surface area contributed by atoms with E-state index in [-0.39, 0.29) is 28.6 Å². The Kier molecular flexibility index (Phi) is 4.33. The summed E-state index contributed by atoms with van der Waals surface area (Å²) in [4.78, 5) is 10.5. The van der Waals surface area contributed by atoms with E-state index in [0.29, 0.717) is 0 Å². The van der Waals surface area contributed by atoms with Gasteiger partial charge >= 0.3 is 0 Å². The number of nitrogens with one attached hydrogen (secondary N) is 1. The van der Waals surface area contributed by atoms with E-state index in [1.165, 1.54) is 18.2 Å². The van der Waals surface area contributed by atoms with Crippen LogP contribution in [-0.2, 0) is 14.8 Å². The van der Waals surface area contributed by atoms with E-state index in [9.17, 15) is 13.2 Å². The van der Waals surface area contributed by atoms with E-state index in [2.05, 4.69) is 4.72 Å². The molecule has 1 aromatic carbocycles. The van der Waals surface area contributed by atoms with Gasteiger partial charge in [0.05, 0.1) is 15.6 Å². The number of primary amides is 1. The summed E-state index contributed by atoms with van der Waals surface area (Å²) in [7, 11) is -3.69. The Morgan fingerprint density at radius 1 is 1.41 bits per heavy atom. The molecule has 94 valence electrons. The van der Waals surface area contributed by atoms with E-state index in [1.54, 1.807) is 0 Å². The molecule has 0 aliphatic rings. The summed E-state index contributed by atoms with van der Waals surface area (Å²) in [6.45, 7) is -0.0554. The van der Waals surface area contributed by atoms with Gasteiger partial charge in [0.2, 0.25) is 15.9 Å². The molecule has 5 N–H and O–H groups in total. The fraction of sp³-hybridized carbons (Fsp3) is 0.222. The SMILES string of the molecule is NC(=O)CCNS(=O)(=O)c1ccc(Cl)c(N)c1. The van der Waals surface area contributed by atoms with Crippen molar-refractivity contribution in [2.24, 2.45) is 5.73 Å². The van der Waals surface area contributed by atoms with Crippen LogP contribution >= 0.6 is 11.6 Å². The standard InChI is InChI=1S/C9H12ClN3O3S/c10-7-2-1-6(5-8(7)11)17(15,16)13-4-3-9(12)14/h1-2,5,13H,3-4,11H2,(H2,12,14). The summed E-state index contributed by atoms with van der Waals surface area (Å²) in [6, 6.07) is 3.96. The fourth-order valence-electron chi connectivity index (χ4n) is 1.08. The van der Waals surface area contributed by atoms with Gasteiger partial charge in [0, 0.05) is 13.0 Å². The average Bonchev–Trinajstić information content (AvgIpc) is 2.21. The van der Waals surface area contributed by atoms with Crippen molar-refractivity contribution in [1.82, 2.24) is 4.72 Å². The first kappa shape index (κ1) is 13.8. The van der Waals surface area contributed by atoms with Gasteiger partial charge < -0.3 is 11.5 Å². The number of hydrogen-bond acceptors (Lipinski definition) is 4. The minimum absolute atomic E-state index is 0.0103. The van der Waals surface area contributed by atoms with Gasteiger partial charge in [0.25, 0.3) is 0 Å². The molecule has 0 aliphatic heterocycles. The molecule has 0 atom stereocenters. The van der Waals surface area contributed by atoms with Crippen LogP contribution < -0.4 is 16.2 Å². The molecule has 0 saturated carbocycles. The third-order valence-electron chi connectivity index (χ3n) is 1.94. The fourth-order valence-corrected chi connectivity index (χ4v) is 2.27. The van der Waals surface area contributed by atoms with E-state index in [4.69, 9.17) is 23.1 Å². The molecule has 0 unspecified atom stereocenters. The second-order valence-electron chi connectivity index (χ2n) is 3.30. The average molecular weight is 278 g/mol. The van der Waals surface area contributed by atoms with Gasteiger partial charge in [-0.2, -0.15) is 0 Å². The Bertz CT molecular complexity index is 530. The Labute approximate surface area is 104 Å². The molecule has 1 amide bonds. The Hall–Kier alpha value is -1.31. The number of benzene rings is 1. The van der Waals surface area contributed by atoms with Gasteiger partial charge in [-0.3, -0.25) is 4.79 Å². The van der Waals surface area contributed by atoms with Gasteiger partial charge in [-0.15, -0.1) is 0 Å². The van der Waals surface area contributed by atoms with Crippen LogP contribution in [0.3, 0.4) is 0 Å². The molecule has 0 bridgehead atoms. The number of rotatable bonds is 5. The van der Waals surface area contributed by atoms with Crippen molar-refractivity contribution in [2.45, 2.75) is 11.3 Å². The van der Waals surface area contributed by atoms with Gasteiger partial charge in [0.1, 0.15) is 0 Å². The minimum Gasteiger partial charge on any atom is -0.397 e. The van der Waals surface area contributed by atoms with E-state index < -0.39 is 15.9 Å². The number of carbonyl (C=O) groups is 1. The highest BCUT2D eigenvalue weighted by Crippen LogP contribution is 2.21. The largest absolute Gasteiger partial charge is 0.397 e. The first-order valence-corrected chi connectivity index (χ1v) is 6.52. The zero-order valence-corrected chi connectivity index (χ0v) is 10.4. The molecular formula is C9H12ClN3O3S. The van der Waals surface area contributed by atoms with Crippen LogP contribution in [0.5, 0.6) is 0 Å². The number of amides is 1. The van der Waals surface area contributed by atoms with Crippen LogP contribution in [0, 0.1) is 0 Å². The molecule has 0 aromatic heterocycles. The molecule has 1 aromatic rings. The molecule has 0 spiro atoms. The monoisotopic (exact) mass is 277 g/mol. The number of nitrogen functional groups attached to an aromatic ring is 1. The molecule has 0 saturated heterocycles. The minimum atomic E-state index is -3.69. The lowest BCUT2D eigenvalue weighted by molar-refractivity contribution is -0.117. The van der Waals surface area contributed by atoms with Crippen LogP contribution in [0.25, 0.3) is 0 Å². The lowest BCUT2D eigenvalue weighted by Crippen LogP contribution is -2.28. The summed E-state index contributed by atoms with van der Waals surface area (Å²) >= 11 is 5.68. The van der Waals surface area contributed by atoms with Crippen molar-refractivity contribution in [2.75, 3.05) is 12.3 Å². The lowest BCUT2D eigenvalue weighted by atomic mass is 10.3. The highest BCUT2D eigenvalue weighted by molar-refractivity contribution is 7.89. The molecular weight excluding hydrogens is 266 g/mol. The second kappa shape index (κ2) is 5.35. The number of hydrogen-bond donors (Lipinski definition) is 3. The molecule has 1 rings (SSSR count). The van der Waals surface area contributed by atoms with Crippen molar-refractivity contribution < 1.29 is 13.2 Å². The number of halogens is 1. The third kappa shape index (κ3) is 3.88. The molecule has 0 heterocycles. The van der Waals surface area contributed by atoms with Crippen LogP contribution in [0.4, 0.5) is 5.69 Å². The maximum atomic E-state index is 11.7. The topological polar surface area (TPSA) is 115 Å². The zero-order chi connectivity index (χ0) is 13.1. The number of sulfonamides is 1. The van der Waals surface area contributed by atoms with Crippen molar-refractivity contribution in [3.8, 4) is 0 Å². The van der Waals surface area contributed by atoms with E-state index in [0.717, 1.165) is 0 Å². The van der Waals surface area contributed by atoms with Gasteiger partial charge in [-0.1, -0.05) is 11.6 Å². The molecule has 0 aliphatic carbocycles. The summed E-state index contributed by atoms with van der Waals surface area (Å²) in [5.74, 6) is -0.580. The maximum absolute atomic E-state index is 11.7. The Morgan fingerprint density at radius 3 is 2.59 bits per heavy atom. The molecule has 0 radical (unpaired) electrons. The van der Waals surface area contributed by atoms with Crippen LogP contribution in [0.1, 0.15) is 6.42 Å². The highest BCUT2D eigenvalue weighted by Gasteiger charge is 2.14. The molecule has 17 heavy (non-hydrogen) atoms. The Balaban J connectivity index is 2.82. The van der Waals surface area contributed by atoms with Crippen LogP contribution in [0.2, 0.25) is 5.02 Å². The van der Waals surface area contributed by atoms with E-state index in [1.807, 2.05) is 0 Å². The molecule has 0 fully saturated rings. The molecule has 8 heteroatoms. The van der Waals surface area contributed by atoms with Crippen LogP contribution in [-0.4, -0.2) is 20.9 Å². The highest BCUT2D eigenvalue weighted by atomic mass is 35.5. The maximum Gasteiger partial charge on any atom is 0.240 e. The van der Waals surface area contributed by atoms with Crippen LogP contribution in [0.15, 0.2) is 23.1 Å². The van der Waals surface area contributed by atoms with Crippen molar-refractivity contribution in [3.05, 3.63) is 23.2 Å². The lowest BCUT2D eigenvalue weighted by Gasteiger charge is -2.07. The third-order valence-corrected chi connectivity index (χ3v) is 3.74. The second-order valence-corrected chi connectivity index (χ2v) is 5.47. The Morgan fingerprint density at radius 2 is 2.06 bits per heavy atom. The summed E-state index contributed by atoms with van der Waals surface area (Å²) in [6.07, 6.45) is -0.0672. The number of carbonyl (C=O) groups excluding carboxylic acids is 1. The quantitative estimate of drug-likeness (QED) is 0.661. The smallest absolute Gasteiger partial charge is 0.240 e. The number of anilines is 1. The first-order chi connectivity index (χ1) is 7.83. The van der Waals surface area contributed by atoms with Gasteiger partial charge in [0.15, 0.2) is 0 Å². The number of nitrogens with two attached hydrogens (primary N) is 2. The zero-order valence-electron chi connectivity index (χ0n) is 8.81. The summed E-state index contributed by atoms with van der Waals surface area (Å²) in [5, 5.41) is 0.279. The predicted octanol–water partition coefficient (Wildman–Crippen LogP) is 0.0759. The van der Waals surface area contributed by atoms with Gasteiger partial charge in [-0.25, -0.2) is 13.1 Å². The normalized spacial score (nSPS) is 11.4.